The van der Waals surface area contributed by atoms with Crippen LogP contribution in [0, 0.1) is 12.3 Å². The summed E-state index contributed by atoms with van der Waals surface area (Å²) in [7, 11) is 1.80. The van der Waals surface area contributed by atoms with E-state index in [1.165, 1.54) is 32.0 Å². The predicted octanol–water partition coefficient (Wildman–Crippen LogP) is 2.53. The van der Waals surface area contributed by atoms with E-state index >= 15 is 0 Å². The summed E-state index contributed by atoms with van der Waals surface area (Å²) in [5, 5.41) is 11.6. The highest BCUT2D eigenvalue weighted by molar-refractivity contribution is 5.98. The number of carbonyl (C=O) groups excluding carboxylic acids is 1. The van der Waals surface area contributed by atoms with Crippen LogP contribution >= 0.6 is 0 Å². The van der Waals surface area contributed by atoms with Crippen molar-refractivity contribution in [2.75, 3.05) is 19.8 Å². The molecular formula is C21H32N6O3. The van der Waals surface area contributed by atoms with Gasteiger partial charge in [-0.2, -0.15) is 10.2 Å². The average Bonchev–Trinajstić information content (AvgIpc) is 3.46. The Morgan fingerprint density at radius 2 is 1.97 bits per heavy atom. The van der Waals surface area contributed by atoms with E-state index in [4.69, 9.17) is 9.47 Å². The van der Waals surface area contributed by atoms with Crippen LogP contribution in [0.1, 0.15) is 67.4 Å². The fourth-order valence-electron chi connectivity index (χ4n) is 4.97. The molecule has 0 unspecified atom stereocenters. The Balaban J connectivity index is 1.39. The van der Waals surface area contributed by atoms with Gasteiger partial charge in [0.1, 0.15) is 18.2 Å². The highest BCUT2D eigenvalue weighted by atomic mass is 16.7. The zero-order valence-corrected chi connectivity index (χ0v) is 18.0. The first-order valence-corrected chi connectivity index (χ1v) is 11.0. The van der Waals surface area contributed by atoms with Crippen LogP contribution < -0.4 is 5.32 Å². The Bertz CT molecular complexity index is 833. The summed E-state index contributed by atoms with van der Waals surface area (Å²) in [4.78, 5) is 16.9. The number of aryl methyl sites for hydroxylation is 2. The Labute approximate surface area is 177 Å². The Kier molecular flexibility index (Phi) is 6.48. The van der Waals surface area contributed by atoms with E-state index in [1.54, 1.807) is 22.7 Å². The summed E-state index contributed by atoms with van der Waals surface area (Å²) in [5.74, 6) is 0.491. The molecule has 3 heterocycles. The van der Waals surface area contributed by atoms with Gasteiger partial charge in [-0.15, -0.1) is 0 Å². The van der Waals surface area contributed by atoms with Gasteiger partial charge < -0.3 is 14.8 Å². The Hall–Kier alpha value is -2.26. The number of rotatable bonds is 7. The molecule has 1 saturated carbocycles. The van der Waals surface area contributed by atoms with Crippen molar-refractivity contribution >= 4 is 5.91 Å². The van der Waals surface area contributed by atoms with E-state index in [0.29, 0.717) is 36.8 Å². The highest BCUT2D eigenvalue weighted by Crippen LogP contribution is 2.44. The van der Waals surface area contributed by atoms with Crippen molar-refractivity contribution in [2.24, 2.45) is 12.5 Å². The van der Waals surface area contributed by atoms with E-state index in [9.17, 15) is 4.79 Å². The molecule has 0 radical (unpaired) electrons. The summed E-state index contributed by atoms with van der Waals surface area (Å²) in [6, 6.07) is 0. The minimum absolute atomic E-state index is 0.0772. The topological polar surface area (TPSA) is 96.1 Å². The molecule has 2 aromatic heterocycles. The molecule has 0 spiro atoms. The summed E-state index contributed by atoms with van der Waals surface area (Å²) >= 11 is 0. The second-order valence-corrected chi connectivity index (χ2v) is 8.46. The lowest BCUT2D eigenvalue weighted by atomic mass is 9.75. The molecule has 164 valence electrons. The largest absolute Gasteiger partial charge is 0.352 e. The van der Waals surface area contributed by atoms with Gasteiger partial charge in [0.15, 0.2) is 12.1 Å². The number of aromatic nitrogens is 5. The first-order chi connectivity index (χ1) is 14.6. The molecule has 1 amide bonds. The number of carbonyl (C=O) groups is 1. The van der Waals surface area contributed by atoms with Crippen LogP contribution in [0.25, 0.3) is 5.82 Å². The van der Waals surface area contributed by atoms with Gasteiger partial charge in [0, 0.05) is 19.0 Å². The third kappa shape index (κ3) is 4.27. The molecule has 30 heavy (non-hydrogen) atoms. The van der Waals surface area contributed by atoms with Gasteiger partial charge in [-0.3, -0.25) is 4.79 Å². The number of nitrogens with one attached hydrogen (secondary N) is 1. The molecule has 1 N–H and O–H groups in total. The number of amides is 1. The van der Waals surface area contributed by atoms with Crippen molar-refractivity contribution < 1.29 is 14.3 Å². The van der Waals surface area contributed by atoms with Gasteiger partial charge in [-0.1, -0.05) is 25.7 Å². The van der Waals surface area contributed by atoms with Crippen molar-refractivity contribution in [3.8, 4) is 5.82 Å². The third-order valence-electron chi connectivity index (χ3n) is 6.41. The summed E-state index contributed by atoms with van der Waals surface area (Å²) in [6.07, 6.45) is 12.1. The third-order valence-corrected chi connectivity index (χ3v) is 6.41. The lowest BCUT2D eigenvalue weighted by Gasteiger charge is -2.37. The standard InChI is InChI=1S/C21H32N6O3/c1-16-17(19(26(2)25-16)27-15-22-14-24-27)18(28)23-11-7-10-21(20-29-12-13-30-20)8-5-3-4-6-9-21/h14-15,20H,3-13H2,1-2H3,(H,23,28). The van der Waals surface area contributed by atoms with Crippen LogP contribution in [0.15, 0.2) is 12.7 Å². The minimum Gasteiger partial charge on any atom is -0.352 e. The normalized spacial score (nSPS) is 19.7. The first kappa shape index (κ1) is 21.0. The lowest BCUT2D eigenvalue weighted by Crippen LogP contribution is -2.37. The fraction of sp³-hybridized carbons (Fsp3) is 0.714. The molecule has 1 saturated heterocycles. The first-order valence-electron chi connectivity index (χ1n) is 11.0. The van der Waals surface area contributed by atoms with Gasteiger partial charge in [-0.05, 0) is 32.6 Å². The van der Waals surface area contributed by atoms with Crippen LogP contribution in [0.4, 0.5) is 0 Å². The van der Waals surface area contributed by atoms with Gasteiger partial charge in [-0.25, -0.2) is 14.3 Å². The van der Waals surface area contributed by atoms with Crippen molar-refractivity contribution in [2.45, 2.75) is 64.6 Å². The molecule has 9 nitrogen and oxygen atoms in total. The van der Waals surface area contributed by atoms with Crippen molar-refractivity contribution in [1.82, 2.24) is 29.9 Å². The molecule has 2 aliphatic rings. The predicted molar refractivity (Wildman–Crippen MR) is 110 cm³/mol. The monoisotopic (exact) mass is 416 g/mol. The van der Waals surface area contributed by atoms with Crippen molar-refractivity contribution in [1.29, 1.82) is 0 Å². The summed E-state index contributed by atoms with van der Waals surface area (Å²) < 4.78 is 15.1. The second kappa shape index (κ2) is 9.26. The fourth-order valence-corrected chi connectivity index (χ4v) is 4.97. The lowest BCUT2D eigenvalue weighted by molar-refractivity contribution is -0.143. The molecule has 0 bridgehead atoms. The zero-order valence-electron chi connectivity index (χ0n) is 18.0. The molecule has 2 aromatic rings. The molecule has 0 atom stereocenters. The quantitative estimate of drug-likeness (QED) is 0.550. The van der Waals surface area contributed by atoms with Crippen LogP contribution in [0.2, 0.25) is 0 Å². The van der Waals surface area contributed by atoms with Crippen molar-refractivity contribution in [3.63, 3.8) is 0 Å². The number of hydrogen-bond acceptors (Lipinski definition) is 6. The molecule has 0 aromatic carbocycles. The average molecular weight is 417 g/mol. The molecule has 1 aliphatic carbocycles. The Morgan fingerprint density at radius 1 is 1.23 bits per heavy atom. The van der Waals surface area contributed by atoms with E-state index in [0.717, 1.165) is 25.7 Å². The van der Waals surface area contributed by atoms with Gasteiger partial charge in [0.2, 0.25) is 0 Å². The van der Waals surface area contributed by atoms with Gasteiger partial charge in [0.25, 0.3) is 5.91 Å². The number of nitrogens with zero attached hydrogens (tertiary/aromatic N) is 5. The van der Waals surface area contributed by atoms with E-state index in [2.05, 4.69) is 20.5 Å². The number of hydrogen-bond donors (Lipinski definition) is 1. The van der Waals surface area contributed by atoms with Crippen molar-refractivity contribution in [3.05, 3.63) is 23.9 Å². The summed E-state index contributed by atoms with van der Waals surface area (Å²) in [5.41, 5.74) is 1.29. The van der Waals surface area contributed by atoms with E-state index in [-0.39, 0.29) is 17.6 Å². The van der Waals surface area contributed by atoms with E-state index in [1.807, 2.05) is 6.92 Å². The highest BCUT2D eigenvalue weighted by Gasteiger charge is 2.42. The maximum atomic E-state index is 13.0. The second-order valence-electron chi connectivity index (χ2n) is 8.46. The van der Waals surface area contributed by atoms with Crippen LogP contribution in [0.5, 0.6) is 0 Å². The van der Waals surface area contributed by atoms with Crippen LogP contribution in [-0.4, -0.2) is 56.5 Å². The Morgan fingerprint density at radius 3 is 2.63 bits per heavy atom. The SMILES string of the molecule is Cc1nn(C)c(-n2cncn2)c1C(=O)NCCCC1(C2OCCO2)CCCCCC1. The summed E-state index contributed by atoms with van der Waals surface area (Å²) in [6.45, 7) is 3.83. The van der Waals surface area contributed by atoms with E-state index < -0.39 is 0 Å². The number of ether oxygens (including phenoxy) is 2. The molecule has 1 aliphatic heterocycles. The molecule has 9 heteroatoms. The minimum atomic E-state index is -0.130. The molecular weight excluding hydrogens is 384 g/mol. The van der Waals surface area contributed by atoms with Crippen LogP contribution in [-0.2, 0) is 16.5 Å². The zero-order chi connectivity index (χ0) is 21.0. The van der Waals surface area contributed by atoms with Gasteiger partial charge >= 0.3 is 0 Å². The maximum absolute atomic E-state index is 13.0. The molecule has 4 rings (SSSR count). The van der Waals surface area contributed by atoms with Gasteiger partial charge in [0.05, 0.1) is 18.9 Å². The molecule has 2 fully saturated rings. The maximum Gasteiger partial charge on any atom is 0.257 e. The van der Waals surface area contributed by atoms with Crippen LogP contribution in [0.3, 0.4) is 0 Å². The smallest absolute Gasteiger partial charge is 0.257 e.